The van der Waals surface area contributed by atoms with E-state index in [0.29, 0.717) is 16.5 Å². The van der Waals surface area contributed by atoms with Crippen molar-refractivity contribution in [3.63, 3.8) is 0 Å². The normalized spacial score (nSPS) is 10.8. The predicted octanol–water partition coefficient (Wildman–Crippen LogP) is 2.43. The maximum absolute atomic E-state index is 11.9. The highest BCUT2D eigenvalue weighted by molar-refractivity contribution is 5.98. The van der Waals surface area contributed by atoms with Crippen molar-refractivity contribution in [3.8, 4) is 5.75 Å². The molecule has 0 aromatic heterocycles. The molecule has 3 aromatic rings. The second kappa shape index (κ2) is 7.94. The highest BCUT2D eigenvalue weighted by Crippen LogP contribution is 2.27. The molecule has 3 rings (SSSR count). The van der Waals surface area contributed by atoms with Crippen molar-refractivity contribution in [2.45, 2.75) is 0 Å². The van der Waals surface area contributed by atoms with Gasteiger partial charge in [0.15, 0.2) is 0 Å². The van der Waals surface area contributed by atoms with E-state index in [9.17, 15) is 14.7 Å². The molecule has 0 aliphatic carbocycles. The zero-order valence-electron chi connectivity index (χ0n) is 13.8. The van der Waals surface area contributed by atoms with E-state index in [1.54, 1.807) is 42.5 Å². The van der Waals surface area contributed by atoms with E-state index in [0.717, 1.165) is 5.39 Å². The number of nitrogens with zero attached hydrogens (tertiary/aromatic N) is 1. The summed E-state index contributed by atoms with van der Waals surface area (Å²) in [5.41, 5.74) is 3.28. The number of nitrogens with one attached hydrogen (secondary N) is 2. The van der Waals surface area contributed by atoms with Gasteiger partial charge >= 0.3 is 0 Å². The number of rotatable bonds is 5. The SMILES string of the molecule is O=C(CNC(=O)c1ccccc1)N/N=C/c1ccc2ccccc2c1O. The Bertz CT molecular complexity index is 968. The summed E-state index contributed by atoms with van der Waals surface area (Å²) in [4.78, 5) is 23.6. The molecule has 0 radical (unpaired) electrons. The molecule has 6 heteroatoms. The first-order chi connectivity index (χ1) is 12.6. The van der Waals surface area contributed by atoms with Gasteiger partial charge in [0.05, 0.1) is 12.8 Å². The average Bonchev–Trinajstić information content (AvgIpc) is 2.69. The number of phenolic OH excluding ortho intramolecular Hbond substituents is 1. The summed E-state index contributed by atoms with van der Waals surface area (Å²) in [5.74, 6) is -0.707. The van der Waals surface area contributed by atoms with Crippen LogP contribution in [0.15, 0.2) is 71.8 Å². The van der Waals surface area contributed by atoms with Crippen LogP contribution in [0, 0.1) is 0 Å². The topological polar surface area (TPSA) is 90.8 Å². The predicted molar refractivity (Wildman–Crippen MR) is 100 cm³/mol. The number of hydrazone groups is 1. The molecule has 0 fully saturated rings. The molecule has 0 saturated carbocycles. The van der Waals surface area contributed by atoms with Gasteiger partial charge in [0.2, 0.25) is 0 Å². The highest BCUT2D eigenvalue weighted by atomic mass is 16.3. The molecule has 3 N–H and O–H groups in total. The number of aromatic hydroxyl groups is 1. The van der Waals surface area contributed by atoms with Gasteiger partial charge in [-0.15, -0.1) is 0 Å². The van der Waals surface area contributed by atoms with Crippen LogP contribution in [-0.4, -0.2) is 29.7 Å². The second-order valence-corrected chi connectivity index (χ2v) is 5.57. The number of hydrogen-bond acceptors (Lipinski definition) is 4. The van der Waals surface area contributed by atoms with Crippen LogP contribution in [0.1, 0.15) is 15.9 Å². The summed E-state index contributed by atoms with van der Waals surface area (Å²) < 4.78 is 0. The molecular formula is C20H17N3O3. The molecule has 130 valence electrons. The van der Waals surface area contributed by atoms with E-state index < -0.39 is 5.91 Å². The van der Waals surface area contributed by atoms with Gasteiger partial charge in [-0.25, -0.2) is 5.43 Å². The zero-order valence-corrected chi connectivity index (χ0v) is 13.8. The monoisotopic (exact) mass is 347 g/mol. The van der Waals surface area contributed by atoms with Gasteiger partial charge in [-0.2, -0.15) is 5.10 Å². The largest absolute Gasteiger partial charge is 0.507 e. The van der Waals surface area contributed by atoms with Gasteiger partial charge in [-0.1, -0.05) is 48.5 Å². The van der Waals surface area contributed by atoms with Crippen molar-refractivity contribution in [1.29, 1.82) is 0 Å². The zero-order chi connectivity index (χ0) is 18.4. The standard InChI is InChI=1S/C20H17N3O3/c24-18(13-21-20(26)15-7-2-1-3-8-15)23-22-12-16-11-10-14-6-4-5-9-17(14)19(16)25/h1-12,25H,13H2,(H,21,26)(H,23,24)/b22-12+. The fourth-order valence-corrected chi connectivity index (χ4v) is 2.44. The molecule has 0 spiro atoms. The summed E-state index contributed by atoms with van der Waals surface area (Å²) in [6, 6.07) is 19.6. The molecular weight excluding hydrogens is 330 g/mol. The van der Waals surface area contributed by atoms with Gasteiger partial charge in [0.1, 0.15) is 5.75 Å². The number of fused-ring (bicyclic) bond motifs is 1. The summed E-state index contributed by atoms with van der Waals surface area (Å²) in [5, 5.41) is 18.2. The number of amides is 2. The molecule has 0 aliphatic rings. The van der Waals surface area contributed by atoms with Crippen molar-refractivity contribution in [2.75, 3.05) is 6.54 Å². The maximum Gasteiger partial charge on any atom is 0.259 e. The quantitative estimate of drug-likeness (QED) is 0.489. The van der Waals surface area contributed by atoms with Crippen molar-refractivity contribution in [1.82, 2.24) is 10.7 Å². The molecule has 2 amide bonds. The van der Waals surface area contributed by atoms with Crippen molar-refractivity contribution in [3.05, 3.63) is 77.9 Å². The maximum atomic E-state index is 11.9. The molecule has 6 nitrogen and oxygen atoms in total. The third-order valence-corrected chi connectivity index (χ3v) is 3.77. The average molecular weight is 347 g/mol. The van der Waals surface area contributed by atoms with Crippen LogP contribution in [0.2, 0.25) is 0 Å². The first-order valence-corrected chi connectivity index (χ1v) is 8.01. The number of carbonyl (C=O) groups is 2. The Morgan fingerprint density at radius 2 is 1.69 bits per heavy atom. The van der Waals surface area contributed by atoms with E-state index in [4.69, 9.17) is 0 Å². The van der Waals surface area contributed by atoms with Crippen molar-refractivity contribution in [2.24, 2.45) is 5.10 Å². The fourth-order valence-electron chi connectivity index (χ4n) is 2.44. The lowest BCUT2D eigenvalue weighted by molar-refractivity contribution is -0.120. The lowest BCUT2D eigenvalue weighted by Gasteiger charge is -2.05. The Kier molecular flexibility index (Phi) is 5.24. The number of hydrogen-bond donors (Lipinski definition) is 3. The fraction of sp³-hybridized carbons (Fsp3) is 0.0500. The minimum Gasteiger partial charge on any atom is -0.507 e. The molecule has 3 aromatic carbocycles. The van der Waals surface area contributed by atoms with Crippen LogP contribution < -0.4 is 10.7 Å². The van der Waals surface area contributed by atoms with Gasteiger partial charge in [-0.3, -0.25) is 9.59 Å². The summed E-state index contributed by atoms with van der Waals surface area (Å²) in [6.07, 6.45) is 1.36. The second-order valence-electron chi connectivity index (χ2n) is 5.57. The Labute approximate surface area is 150 Å². The lowest BCUT2D eigenvalue weighted by Crippen LogP contribution is -2.34. The van der Waals surface area contributed by atoms with Crippen LogP contribution in [0.4, 0.5) is 0 Å². The highest BCUT2D eigenvalue weighted by Gasteiger charge is 2.07. The summed E-state index contributed by atoms with van der Waals surface area (Å²) in [6.45, 7) is -0.200. The Balaban J connectivity index is 1.56. The molecule has 0 unspecified atom stereocenters. The number of phenols is 1. The van der Waals surface area contributed by atoms with E-state index in [1.165, 1.54) is 6.21 Å². The van der Waals surface area contributed by atoms with Crippen LogP contribution >= 0.6 is 0 Å². The first-order valence-electron chi connectivity index (χ1n) is 8.01. The molecule has 26 heavy (non-hydrogen) atoms. The van der Waals surface area contributed by atoms with Crippen molar-refractivity contribution < 1.29 is 14.7 Å². The Morgan fingerprint density at radius 3 is 2.50 bits per heavy atom. The van der Waals surface area contributed by atoms with Gasteiger partial charge < -0.3 is 10.4 Å². The van der Waals surface area contributed by atoms with E-state index in [-0.39, 0.29) is 18.2 Å². The Morgan fingerprint density at radius 1 is 0.962 bits per heavy atom. The van der Waals surface area contributed by atoms with Crippen molar-refractivity contribution >= 4 is 28.8 Å². The van der Waals surface area contributed by atoms with Crippen LogP contribution in [0.3, 0.4) is 0 Å². The summed E-state index contributed by atoms with van der Waals surface area (Å²) >= 11 is 0. The molecule has 0 atom stereocenters. The lowest BCUT2D eigenvalue weighted by atomic mass is 10.1. The van der Waals surface area contributed by atoms with Crippen LogP contribution in [0.5, 0.6) is 5.75 Å². The molecule has 0 bridgehead atoms. The van der Waals surface area contributed by atoms with Gasteiger partial charge in [-0.05, 0) is 23.6 Å². The molecule has 0 heterocycles. The smallest absolute Gasteiger partial charge is 0.259 e. The van der Waals surface area contributed by atoms with E-state index in [2.05, 4.69) is 15.8 Å². The third-order valence-electron chi connectivity index (χ3n) is 3.77. The van der Waals surface area contributed by atoms with Gasteiger partial charge in [0.25, 0.3) is 11.8 Å². The van der Waals surface area contributed by atoms with Crippen LogP contribution in [-0.2, 0) is 4.79 Å². The molecule has 0 saturated heterocycles. The molecule has 0 aliphatic heterocycles. The minimum absolute atomic E-state index is 0.0958. The third kappa shape index (κ3) is 4.05. The van der Waals surface area contributed by atoms with E-state index in [1.807, 2.05) is 24.3 Å². The summed E-state index contributed by atoms with van der Waals surface area (Å²) in [7, 11) is 0. The number of carbonyl (C=O) groups excluding carboxylic acids is 2. The number of benzene rings is 3. The van der Waals surface area contributed by atoms with Crippen LogP contribution in [0.25, 0.3) is 10.8 Å². The van der Waals surface area contributed by atoms with E-state index >= 15 is 0 Å². The minimum atomic E-state index is -0.467. The van der Waals surface area contributed by atoms with Gasteiger partial charge in [0, 0.05) is 16.5 Å². The first kappa shape index (κ1) is 17.2. The Hall–Kier alpha value is -3.67.